The third kappa shape index (κ3) is 1.36. The van der Waals surface area contributed by atoms with Crippen LogP contribution in [-0.4, -0.2) is 10.1 Å². The van der Waals surface area contributed by atoms with Crippen molar-refractivity contribution < 1.29 is 4.85 Å². The van der Waals surface area contributed by atoms with E-state index >= 15 is 0 Å². The van der Waals surface area contributed by atoms with Gasteiger partial charge in [-0.05, 0) is 47.7 Å². The van der Waals surface area contributed by atoms with Crippen molar-refractivity contribution in [1.29, 1.82) is 0 Å². The van der Waals surface area contributed by atoms with Crippen LogP contribution in [0.3, 0.4) is 0 Å². The van der Waals surface area contributed by atoms with E-state index in [2.05, 4.69) is 10.1 Å². The third-order valence-electron chi connectivity index (χ3n) is 3.07. The van der Waals surface area contributed by atoms with Crippen molar-refractivity contribution in [1.82, 2.24) is 10.1 Å². The third-order valence-corrected chi connectivity index (χ3v) is 3.07. The monoisotopic (exact) mass is 216 g/mol. The van der Waals surface area contributed by atoms with Crippen LogP contribution in [0.1, 0.15) is 24.0 Å². The maximum atomic E-state index is 11.6. The molecule has 2 aromatic rings. The Bertz CT molecular complexity index is 567. The van der Waals surface area contributed by atoms with Gasteiger partial charge in [-0.25, -0.2) is 4.98 Å². The fraction of sp³-hybridized carbons (Fsp3) is 0.364. The number of anilines is 1. The average molecular weight is 216 g/mol. The van der Waals surface area contributed by atoms with Gasteiger partial charge in [0.15, 0.2) is 0 Å². The van der Waals surface area contributed by atoms with Crippen molar-refractivity contribution in [3.05, 3.63) is 28.5 Å². The van der Waals surface area contributed by atoms with Crippen LogP contribution in [0.2, 0.25) is 0 Å². The standard InChI is InChI=1S/C11H12N4O/c12-11-13-9-5-7-3-1-2-4-8(7)6-10(9)15(16)14-11/h5-6H,1-4H2,(H2,12,13,14). The molecule has 1 aliphatic rings. The van der Waals surface area contributed by atoms with E-state index in [1.165, 1.54) is 24.0 Å². The number of fused-ring (bicyclic) bond motifs is 2. The molecule has 82 valence electrons. The van der Waals surface area contributed by atoms with Gasteiger partial charge in [0.1, 0.15) is 5.52 Å². The molecule has 16 heavy (non-hydrogen) atoms. The number of hydrogen-bond acceptors (Lipinski definition) is 4. The summed E-state index contributed by atoms with van der Waals surface area (Å²) in [5.41, 5.74) is 9.14. The van der Waals surface area contributed by atoms with Crippen LogP contribution in [0.25, 0.3) is 11.0 Å². The van der Waals surface area contributed by atoms with E-state index < -0.39 is 0 Å². The highest BCUT2D eigenvalue weighted by molar-refractivity contribution is 5.74. The van der Waals surface area contributed by atoms with Crippen molar-refractivity contribution in [2.45, 2.75) is 25.7 Å². The van der Waals surface area contributed by atoms with Gasteiger partial charge in [0.25, 0.3) is 11.5 Å². The molecule has 5 nitrogen and oxygen atoms in total. The zero-order valence-corrected chi connectivity index (χ0v) is 8.81. The first-order valence-electron chi connectivity index (χ1n) is 5.43. The molecule has 1 aromatic carbocycles. The minimum absolute atomic E-state index is 0.0262. The molecule has 0 saturated heterocycles. The summed E-state index contributed by atoms with van der Waals surface area (Å²) in [5, 5.41) is 15.1. The summed E-state index contributed by atoms with van der Waals surface area (Å²) in [5.74, 6) is 0.0262. The molecule has 1 aromatic heterocycles. The molecule has 5 heteroatoms. The molecule has 0 atom stereocenters. The number of nitrogen functional groups attached to an aromatic ring is 1. The Morgan fingerprint density at radius 3 is 2.62 bits per heavy atom. The number of nitrogens with two attached hydrogens (primary N) is 1. The molecule has 1 heterocycles. The smallest absolute Gasteiger partial charge is 0.288 e. The summed E-state index contributed by atoms with van der Waals surface area (Å²) in [7, 11) is 0. The van der Waals surface area contributed by atoms with Gasteiger partial charge in [0.05, 0.1) is 5.10 Å². The van der Waals surface area contributed by atoms with Gasteiger partial charge in [-0.3, -0.25) is 0 Å². The molecule has 0 unspecified atom stereocenters. The molecule has 0 aliphatic heterocycles. The fourth-order valence-corrected chi connectivity index (χ4v) is 2.30. The topological polar surface area (TPSA) is 78.7 Å². The lowest BCUT2D eigenvalue weighted by atomic mass is 9.91. The SMILES string of the molecule is Nc1nc2cc3c(cc2[n+]([O-])n1)CCCC3. The van der Waals surface area contributed by atoms with E-state index in [0.717, 1.165) is 12.8 Å². The van der Waals surface area contributed by atoms with E-state index in [1.807, 2.05) is 12.1 Å². The highest BCUT2D eigenvalue weighted by atomic mass is 16.5. The van der Waals surface area contributed by atoms with Crippen molar-refractivity contribution in [3.63, 3.8) is 0 Å². The zero-order valence-electron chi connectivity index (χ0n) is 8.81. The van der Waals surface area contributed by atoms with Gasteiger partial charge in [0, 0.05) is 6.07 Å². The summed E-state index contributed by atoms with van der Waals surface area (Å²) in [6.07, 6.45) is 4.49. The highest BCUT2D eigenvalue weighted by Crippen LogP contribution is 2.24. The van der Waals surface area contributed by atoms with Crippen LogP contribution in [0.5, 0.6) is 0 Å². The van der Waals surface area contributed by atoms with Crippen LogP contribution in [0, 0.1) is 5.21 Å². The van der Waals surface area contributed by atoms with Crippen LogP contribution in [0.4, 0.5) is 5.95 Å². The first-order chi connectivity index (χ1) is 7.74. The van der Waals surface area contributed by atoms with Gasteiger partial charge in [-0.2, -0.15) is 0 Å². The summed E-state index contributed by atoms with van der Waals surface area (Å²) >= 11 is 0. The lowest BCUT2D eigenvalue weighted by Crippen LogP contribution is -2.33. The molecule has 0 amide bonds. The van der Waals surface area contributed by atoms with Crippen LogP contribution >= 0.6 is 0 Å². The van der Waals surface area contributed by atoms with Gasteiger partial charge in [-0.15, -0.1) is 0 Å². The molecule has 0 radical (unpaired) electrons. The van der Waals surface area contributed by atoms with Crippen LogP contribution in [0.15, 0.2) is 12.1 Å². The first-order valence-corrected chi connectivity index (χ1v) is 5.43. The zero-order chi connectivity index (χ0) is 11.1. The molecule has 0 saturated carbocycles. The molecule has 0 bridgehead atoms. The van der Waals surface area contributed by atoms with E-state index in [1.54, 1.807) is 0 Å². The summed E-state index contributed by atoms with van der Waals surface area (Å²) in [6.45, 7) is 0. The fourth-order valence-electron chi connectivity index (χ4n) is 2.30. The van der Waals surface area contributed by atoms with Crippen LogP contribution < -0.4 is 10.6 Å². The number of aryl methyl sites for hydroxylation is 2. The minimum Gasteiger partial charge on any atom is -0.594 e. The summed E-state index contributed by atoms with van der Waals surface area (Å²) in [4.78, 5) is 4.65. The highest BCUT2D eigenvalue weighted by Gasteiger charge is 2.16. The van der Waals surface area contributed by atoms with E-state index in [-0.39, 0.29) is 5.95 Å². The summed E-state index contributed by atoms with van der Waals surface area (Å²) < 4.78 is 0. The molecule has 0 fully saturated rings. The number of aromatic nitrogens is 3. The van der Waals surface area contributed by atoms with Gasteiger partial charge < -0.3 is 10.9 Å². The maximum absolute atomic E-state index is 11.6. The molecular formula is C11H12N4O. The minimum atomic E-state index is 0.0262. The first kappa shape index (κ1) is 9.33. The molecule has 0 spiro atoms. The maximum Gasteiger partial charge on any atom is 0.288 e. The second-order valence-corrected chi connectivity index (χ2v) is 4.16. The normalized spacial score (nSPS) is 15.0. The second kappa shape index (κ2) is 3.30. The van der Waals surface area contributed by atoms with E-state index in [4.69, 9.17) is 5.73 Å². The number of rotatable bonds is 0. The number of hydrogen-bond donors (Lipinski definition) is 1. The van der Waals surface area contributed by atoms with Crippen molar-refractivity contribution in [2.75, 3.05) is 5.73 Å². The Kier molecular flexibility index (Phi) is 1.92. The Hall–Kier alpha value is -1.91. The van der Waals surface area contributed by atoms with Crippen molar-refractivity contribution in [3.8, 4) is 0 Å². The van der Waals surface area contributed by atoms with Gasteiger partial charge in [-0.1, -0.05) is 0 Å². The lowest BCUT2D eigenvalue weighted by molar-refractivity contribution is -0.641. The Morgan fingerprint density at radius 1 is 1.19 bits per heavy atom. The van der Waals surface area contributed by atoms with Crippen LogP contribution in [-0.2, 0) is 12.8 Å². The predicted molar refractivity (Wildman–Crippen MR) is 59.6 cm³/mol. The number of benzene rings is 1. The molecule has 2 N–H and O–H groups in total. The molecular weight excluding hydrogens is 204 g/mol. The largest absolute Gasteiger partial charge is 0.594 e. The molecule has 1 aliphatic carbocycles. The van der Waals surface area contributed by atoms with Gasteiger partial charge >= 0.3 is 0 Å². The lowest BCUT2D eigenvalue weighted by Gasteiger charge is -2.15. The molecule has 3 rings (SSSR count). The Balaban J connectivity index is 2.31. The average Bonchev–Trinajstić information content (AvgIpc) is 2.27. The van der Waals surface area contributed by atoms with Gasteiger partial charge in [0.2, 0.25) is 0 Å². The van der Waals surface area contributed by atoms with E-state index in [0.29, 0.717) is 15.9 Å². The Labute approximate surface area is 92.5 Å². The van der Waals surface area contributed by atoms with E-state index in [9.17, 15) is 5.21 Å². The Morgan fingerprint density at radius 2 is 1.88 bits per heavy atom. The summed E-state index contributed by atoms with van der Waals surface area (Å²) in [6, 6.07) is 3.87. The number of nitrogens with zero attached hydrogens (tertiary/aromatic N) is 3. The van der Waals surface area contributed by atoms with Crippen molar-refractivity contribution >= 4 is 17.0 Å². The quantitative estimate of drug-likeness (QED) is 0.520. The predicted octanol–water partition coefficient (Wildman–Crippen LogP) is 0.724. The van der Waals surface area contributed by atoms with Crippen molar-refractivity contribution in [2.24, 2.45) is 0 Å². The second-order valence-electron chi connectivity index (χ2n) is 4.16.